The van der Waals surface area contributed by atoms with Gasteiger partial charge in [-0.25, -0.2) is 8.42 Å². The predicted molar refractivity (Wildman–Crippen MR) is 132 cm³/mol. The van der Waals surface area contributed by atoms with Crippen molar-refractivity contribution in [3.63, 3.8) is 0 Å². The molecular formula is C25H28ClN3O4S. The first-order chi connectivity index (χ1) is 16.3. The Bertz CT molecular complexity index is 1280. The van der Waals surface area contributed by atoms with Crippen molar-refractivity contribution < 1.29 is 13.3 Å². The summed E-state index contributed by atoms with van der Waals surface area (Å²) in [4.78, 5) is 10.6. The van der Waals surface area contributed by atoms with Crippen molar-refractivity contribution >= 4 is 27.3 Å². The van der Waals surface area contributed by atoms with Crippen LogP contribution in [-0.4, -0.2) is 28.3 Å². The zero-order valence-corrected chi connectivity index (χ0v) is 20.6. The molecule has 0 spiro atoms. The fourth-order valence-corrected chi connectivity index (χ4v) is 6.45. The highest BCUT2D eigenvalue weighted by molar-refractivity contribution is 7.89. The van der Waals surface area contributed by atoms with Crippen molar-refractivity contribution in [2.75, 3.05) is 0 Å². The van der Waals surface area contributed by atoms with Crippen molar-refractivity contribution in [2.45, 2.75) is 63.1 Å². The molecule has 0 saturated heterocycles. The van der Waals surface area contributed by atoms with Crippen LogP contribution in [0.25, 0.3) is 0 Å². The summed E-state index contributed by atoms with van der Waals surface area (Å²) in [5.41, 5.74) is 2.81. The summed E-state index contributed by atoms with van der Waals surface area (Å²) in [5.74, 6) is 0. The number of nitro groups is 1. The summed E-state index contributed by atoms with van der Waals surface area (Å²) >= 11 is 5.94. The highest BCUT2D eigenvalue weighted by Gasteiger charge is 2.34. The number of benzene rings is 2. The largest absolute Gasteiger partial charge is 0.346 e. The molecule has 1 saturated carbocycles. The Morgan fingerprint density at radius 3 is 2.53 bits per heavy atom. The summed E-state index contributed by atoms with van der Waals surface area (Å²) in [6.07, 6.45) is 6.51. The van der Waals surface area contributed by atoms with Gasteiger partial charge in [-0.2, -0.15) is 4.31 Å². The van der Waals surface area contributed by atoms with Gasteiger partial charge < -0.3 is 4.57 Å². The molecule has 0 unspecified atom stereocenters. The molecule has 1 aromatic heterocycles. The number of nitrogens with zero attached hydrogens (tertiary/aromatic N) is 3. The molecule has 1 aliphatic carbocycles. The molecule has 0 amide bonds. The molecule has 0 aliphatic heterocycles. The highest BCUT2D eigenvalue weighted by Crippen LogP contribution is 2.33. The Morgan fingerprint density at radius 2 is 1.82 bits per heavy atom. The van der Waals surface area contributed by atoms with Crippen LogP contribution in [0.15, 0.2) is 65.7 Å². The predicted octanol–water partition coefficient (Wildman–Crippen LogP) is 5.93. The van der Waals surface area contributed by atoms with Crippen molar-refractivity contribution in [1.82, 2.24) is 8.87 Å². The van der Waals surface area contributed by atoms with Crippen LogP contribution < -0.4 is 0 Å². The maximum absolute atomic E-state index is 13.8. The van der Waals surface area contributed by atoms with Crippen molar-refractivity contribution in [1.29, 1.82) is 0 Å². The second-order valence-electron chi connectivity index (χ2n) is 8.77. The van der Waals surface area contributed by atoms with E-state index in [0.29, 0.717) is 6.54 Å². The molecule has 1 fully saturated rings. The van der Waals surface area contributed by atoms with Gasteiger partial charge in [-0.05, 0) is 55.2 Å². The minimum atomic E-state index is -3.99. The number of aromatic nitrogens is 1. The highest BCUT2D eigenvalue weighted by atomic mass is 35.5. The van der Waals surface area contributed by atoms with E-state index in [4.69, 9.17) is 11.6 Å². The van der Waals surface area contributed by atoms with E-state index in [9.17, 15) is 18.5 Å². The summed E-state index contributed by atoms with van der Waals surface area (Å²) in [6, 6.07) is 15.5. The summed E-state index contributed by atoms with van der Waals surface area (Å²) in [6.45, 7) is 2.90. The maximum atomic E-state index is 13.8. The first-order valence-electron chi connectivity index (χ1n) is 11.4. The first kappa shape index (κ1) is 24.4. The zero-order chi connectivity index (χ0) is 24.3. The van der Waals surface area contributed by atoms with Gasteiger partial charge in [-0.15, -0.1) is 0 Å². The molecule has 0 radical (unpaired) electrons. The number of hydrogen-bond acceptors (Lipinski definition) is 4. The van der Waals surface area contributed by atoms with Crippen LogP contribution in [0.4, 0.5) is 5.69 Å². The first-order valence-corrected chi connectivity index (χ1v) is 13.2. The van der Waals surface area contributed by atoms with Crippen LogP contribution >= 0.6 is 11.6 Å². The number of halogens is 1. The Morgan fingerprint density at radius 1 is 1.09 bits per heavy atom. The minimum Gasteiger partial charge on any atom is -0.346 e. The zero-order valence-electron chi connectivity index (χ0n) is 19.1. The van der Waals surface area contributed by atoms with Gasteiger partial charge in [0.15, 0.2) is 0 Å². The monoisotopic (exact) mass is 501 g/mol. The molecule has 9 heteroatoms. The molecule has 0 atom stereocenters. The standard InChI is InChI=1S/C25H28ClN3O4S/c1-19-8-5-6-9-20(19)17-27-15-7-12-22(27)18-28(21-10-3-2-4-11-21)34(32,33)23-13-14-24(26)25(16-23)29(30)31/h5-9,12-16,21H,2-4,10-11,17-18H2,1H3. The van der Waals surface area contributed by atoms with Crippen molar-refractivity contribution in [3.8, 4) is 0 Å². The van der Waals surface area contributed by atoms with Crippen LogP contribution in [-0.2, 0) is 23.1 Å². The molecule has 1 aliphatic rings. The number of hydrogen-bond donors (Lipinski definition) is 0. The lowest BCUT2D eigenvalue weighted by Gasteiger charge is -2.33. The fraction of sp³-hybridized carbons (Fsp3) is 0.360. The van der Waals surface area contributed by atoms with Gasteiger partial charge >= 0.3 is 0 Å². The van der Waals surface area contributed by atoms with E-state index < -0.39 is 20.6 Å². The molecule has 4 rings (SSSR count). The maximum Gasteiger partial charge on any atom is 0.289 e. The molecule has 1 heterocycles. The van der Waals surface area contributed by atoms with Crippen LogP contribution in [0.3, 0.4) is 0 Å². The molecule has 7 nitrogen and oxygen atoms in total. The van der Waals surface area contributed by atoms with E-state index in [2.05, 4.69) is 23.6 Å². The molecule has 0 bridgehead atoms. The topological polar surface area (TPSA) is 85.5 Å². The molecule has 0 N–H and O–H groups in total. The van der Waals surface area contributed by atoms with E-state index in [-0.39, 0.29) is 22.5 Å². The summed E-state index contributed by atoms with van der Waals surface area (Å²) < 4.78 is 31.2. The van der Waals surface area contributed by atoms with Gasteiger partial charge in [0.25, 0.3) is 5.69 Å². The minimum absolute atomic E-state index is 0.0831. The van der Waals surface area contributed by atoms with Gasteiger partial charge in [0.2, 0.25) is 10.0 Å². The lowest BCUT2D eigenvalue weighted by atomic mass is 9.95. The molecular weight excluding hydrogens is 474 g/mol. The van der Waals surface area contributed by atoms with Gasteiger partial charge in [0, 0.05) is 30.5 Å². The molecule has 180 valence electrons. The normalized spacial score (nSPS) is 15.0. The van der Waals surface area contributed by atoms with Crippen LogP contribution in [0, 0.1) is 17.0 Å². The summed E-state index contributed by atoms with van der Waals surface area (Å²) in [7, 11) is -3.99. The van der Waals surface area contributed by atoms with Gasteiger partial charge in [0.1, 0.15) is 5.02 Å². The van der Waals surface area contributed by atoms with Gasteiger partial charge in [0.05, 0.1) is 16.4 Å². The Hall–Kier alpha value is -2.68. The summed E-state index contributed by atoms with van der Waals surface area (Å²) in [5, 5.41) is 11.3. The number of nitro benzene ring substituents is 1. The quantitative estimate of drug-likeness (QED) is 0.283. The van der Waals surface area contributed by atoms with Crippen molar-refractivity contribution in [2.24, 2.45) is 0 Å². The SMILES string of the molecule is Cc1ccccc1Cn1cccc1CN(C1CCCCC1)S(=O)(=O)c1ccc(Cl)c([N+](=O)[O-])c1. The lowest BCUT2D eigenvalue weighted by molar-refractivity contribution is -0.384. The van der Waals surface area contributed by atoms with Crippen LogP contribution in [0.5, 0.6) is 0 Å². The van der Waals surface area contributed by atoms with Gasteiger partial charge in [-0.3, -0.25) is 10.1 Å². The van der Waals surface area contributed by atoms with Crippen molar-refractivity contribution in [3.05, 3.63) is 92.8 Å². The Balaban J connectivity index is 1.70. The number of aryl methyl sites for hydroxylation is 1. The number of rotatable bonds is 8. The van der Waals surface area contributed by atoms with Gasteiger partial charge in [-0.1, -0.05) is 55.1 Å². The third kappa shape index (κ3) is 5.19. The number of sulfonamides is 1. The third-order valence-corrected chi connectivity index (χ3v) is 8.76. The average Bonchev–Trinajstić information content (AvgIpc) is 3.26. The fourth-order valence-electron chi connectivity index (χ4n) is 4.59. The van der Waals surface area contributed by atoms with E-state index in [0.717, 1.165) is 43.9 Å². The molecule has 3 aromatic rings. The van der Waals surface area contributed by atoms with E-state index in [1.807, 2.05) is 30.5 Å². The average molecular weight is 502 g/mol. The van der Waals surface area contributed by atoms with E-state index in [1.54, 1.807) is 0 Å². The van der Waals surface area contributed by atoms with E-state index >= 15 is 0 Å². The molecule has 2 aromatic carbocycles. The lowest BCUT2D eigenvalue weighted by Crippen LogP contribution is -2.41. The second-order valence-corrected chi connectivity index (χ2v) is 11.1. The second kappa shape index (κ2) is 10.3. The van der Waals surface area contributed by atoms with Crippen LogP contribution in [0.1, 0.15) is 48.9 Å². The molecule has 34 heavy (non-hydrogen) atoms. The Kier molecular flexibility index (Phi) is 7.40. The Labute approximate surface area is 205 Å². The van der Waals surface area contributed by atoms with E-state index in [1.165, 1.54) is 27.6 Å². The van der Waals surface area contributed by atoms with Crippen LogP contribution in [0.2, 0.25) is 5.02 Å². The third-order valence-electron chi connectivity index (χ3n) is 6.55. The smallest absolute Gasteiger partial charge is 0.289 e.